The lowest BCUT2D eigenvalue weighted by Gasteiger charge is -2.21. The summed E-state index contributed by atoms with van der Waals surface area (Å²) in [5.74, 6) is 1.88. The summed E-state index contributed by atoms with van der Waals surface area (Å²) in [4.78, 5) is 15.0. The molecule has 0 unspecified atom stereocenters. The van der Waals surface area contributed by atoms with Gasteiger partial charge in [0.05, 0.1) is 6.04 Å². The lowest BCUT2D eigenvalue weighted by atomic mass is 10.0. The lowest BCUT2D eigenvalue weighted by Crippen LogP contribution is -2.30. The summed E-state index contributed by atoms with van der Waals surface area (Å²) < 4.78 is 2.20. The van der Waals surface area contributed by atoms with Gasteiger partial charge in [-0.3, -0.25) is 9.69 Å². The van der Waals surface area contributed by atoms with Gasteiger partial charge in [0.25, 0.3) is 0 Å². The predicted octanol–water partition coefficient (Wildman–Crippen LogP) is 4.30. The van der Waals surface area contributed by atoms with Gasteiger partial charge in [-0.15, -0.1) is 10.2 Å². The highest BCUT2D eigenvalue weighted by Gasteiger charge is 2.23. The molecule has 0 spiro atoms. The molecule has 6 nitrogen and oxygen atoms in total. The Kier molecular flexibility index (Phi) is 6.67. The number of carbonyl (C=O) groups is 1. The van der Waals surface area contributed by atoms with Crippen LogP contribution in [0.2, 0.25) is 0 Å². The maximum atomic E-state index is 12.5. The number of aryl methyl sites for hydroxylation is 1. The number of hydrogen-bond acceptors (Lipinski definition) is 4. The maximum Gasteiger partial charge on any atom is 0.220 e. The third-order valence-corrected chi connectivity index (χ3v) is 6.67. The highest BCUT2D eigenvalue weighted by Crippen LogP contribution is 2.22. The van der Waals surface area contributed by atoms with E-state index in [0.29, 0.717) is 6.42 Å². The highest BCUT2D eigenvalue weighted by molar-refractivity contribution is 5.85. The molecule has 34 heavy (non-hydrogen) atoms. The molecule has 1 amide bonds. The van der Waals surface area contributed by atoms with E-state index in [1.54, 1.807) is 0 Å². The Balaban J connectivity index is 1.21. The molecule has 0 radical (unpaired) electrons. The fourth-order valence-electron chi connectivity index (χ4n) is 4.82. The number of fused-ring (bicyclic) bond motifs is 2. The maximum absolute atomic E-state index is 12.5. The van der Waals surface area contributed by atoms with Gasteiger partial charge in [-0.25, -0.2) is 0 Å². The van der Waals surface area contributed by atoms with Gasteiger partial charge in [0.2, 0.25) is 5.91 Å². The molecule has 1 atom stereocenters. The van der Waals surface area contributed by atoms with E-state index in [2.05, 4.69) is 79.6 Å². The molecule has 4 aromatic rings. The van der Waals surface area contributed by atoms with E-state index in [0.717, 1.165) is 50.7 Å². The molecule has 6 heteroatoms. The van der Waals surface area contributed by atoms with Crippen LogP contribution in [0.15, 0.2) is 72.8 Å². The number of hydrogen-bond donors (Lipinski definition) is 1. The molecule has 1 aliphatic rings. The first kappa shape index (κ1) is 22.3. The summed E-state index contributed by atoms with van der Waals surface area (Å²) in [7, 11) is 0. The zero-order valence-electron chi connectivity index (χ0n) is 19.7. The van der Waals surface area contributed by atoms with Crippen molar-refractivity contribution in [3.8, 4) is 0 Å². The van der Waals surface area contributed by atoms with Crippen molar-refractivity contribution >= 4 is 16.7 Å². The molecule has 2 heterocycles. The van der Waals surface area contributed by atoms with Gasteiger partial charge in [0, 0.05) is 39.0 Å². The summed E-state index contributed by atoms with van der Waals surface area (Å²) in [6, 6.07) is 25.1. The van der Waals surface area contributed by atoms with E-state index in [1.165, 1.54) is 21.9 Å². The van der Waals surface area contributed by atoms with Crippen molar-refractivity contribution in [2.75, 3.05) is 13.1 Å². The number of rotatable bonds is 7. The molecule has 1 N–H and O–H groups in total. The van der Waals surface area contributed by atoms with Gasteiger partial charge in [-0.2, -0.15) is 0 Å². The molecule has 3 aromatic carbocycles. The van der Waals surface area contributed by atoms with Crippen molar-refractivity contribution in [1.82, 2.24) is 25.0 Å². The molecule has 0 saturated carbocycles. The molecule has 1 aromatic heterocycles. The van der Waals surface area contributed by atoms with Crippen LogP contribution in [-0.2, 0) is 30.7 Å². The Morgan fingerprint density at radius 1 is 0.941 bits per heavy atom. The first-order valence-corrected chi connectivity index (χ1v) is 12.1. The Morgan fingerprint density at radius 2 is 1.74 bits per heavy atom. The van der Waals surface area contributed by atoms with Gasteiger partial charge in [0.15, 0.2) is 5.82 Å². The van der Waals surface area contributed by atoms with E-state index >= 15 is 0 Å². The Bertz CT molecular complexity index is 1260. The Morgan fingerprint density at radius 3 is 2.62 bits per heavy atom. The minimum absolute atomic E-state index is 0.0416. The summed E-state index contributed by atoms with van der Waals surface area (Å²) >= 11 is 0. The number of aromatic nitrogens is 3. The van der Waals surface area contributed by atoms with Crippen LogP contribution in [0.1, 0.15) is 42.2 Å². The average molecular weight is 454 g/mol. The molecular formula is C28H31N5O. The van der Waals surface area contributed by atoms with E-state index in [-0.39, 0.29) is 11.9 Å². The van der Waals surface area contributed by atoms with Crippen LogP contribution in [0.25, 0.3) is 10.8 Å². The van der Waals surface area contributed by atoms with Crippen LogP contribution in [0.4, 0.5) is 0 Å². The molecule has 0 bridgehead atoms. The largest absolute Gasteiger partial charge is 0.346 e. The van der Waals surface area contributed by atoms with Crippen molar-refractivity contribution in [1.29, 1.82) is 0 Å². The zero-order valence-corrected chi connectivity index (χ0v) is 19.7. The number of amides is 1. The molecule has 174 valence electrons. The second-order valence-electron chi connectivity index (χ2n) is 9.07. The first-order chi connectivity index (χ1) is 16.7. The summed E-state index contributed by atoms with van der Waals surface area (Å²) in [5.41, 5.74) is 2.53. The standard InChI is InChI=1S/C28H31N5O/c1-21(29-27(34)15-14-22-8-3-2-4-9-22)28-31-30-26-16-17-32(18-19-33(26)28)20-24-12-7-11-23-10-5-6-13-25(23)24/h2-13,21H,14-20H2,1H3,(H,29,34)/t21-/m0/s1. The second kappa shape index (κ2) is 10.2. The molecular weight excluding hydrogens is 422 g/mol. The van der Waals surface area contributed by atoms with Gasteiger partial charge >= 0.3 is 0 Å². The average Bonchev–Trinajstić information content (AvgIpc) is 3.18. The highest BCUT2D eigenvalue weighted by atomic mass is 16.1. The monoisotopic (exact) mass is 453 g/mol. The zero-order chi connectivity index (χ0) is 23.3. The molecule has 0 aliphatic carbocycles. The van der Waals surface area contributed by atoms with Gasteiger partial charge in [-0.1, -0.05) is 72.8 Å². The SMILES string of the molecule is C[C@H](NC(=O)CCc1ccccc1)c1nnc2n1CCN(Cc1cccc3ccccc13)CC2. The topological polar surface area (TPSA) is 63.1 Å². The smallest absolute Gasteiger partial charge is 0.220 e. The van der Waals surface area contributed by atoms with Crippen LogP contribution in [0, 0.1) is 0 Å². The van der Waals surface area contributed by atoms with E-state index in [4.69, 9.17) is 0 Å². The summed E-state index contributed by atoms with van der Waals surface area (Å²) in [6.07, 6.45) is 2.06. The first-order valence-electron chi connectivity index (χ1n) is 12.1. The predicted molar refractivity (Wildman–Crippen MR) is 134 cm³/mol. The minimum atomic E-state index is -0.172. The summed E-state index contributed by atoms with van der Waals surface area (Å²) in [5, 5.41) is 14.6. The van der Waals surface area contributed by atoms with Crippen LogP contribution in [0.5, 0.6) is 0 Å². The molecule has 0 saturated heterocycles. The van der Waals surface area contributed by atoms with E-state index in [1.807, 2.05) is 25.1 Å². The fourth-order valence-corrected chi connectivity index (χ4v) is 4.82. The Labute approximate surface area is 200 Å². The van der Waals surface area contributed by atoms with E-state index < -0.39 is 0 Å². The lowest BCUT2D eigenvalue weighted by molar-refractivity contribution is -0.121. The Hall–Kier alpha value is -3.51. The fraction of sp³-hybridized carbons (Fsp3) is 0.321. The molecule has 5 rings (SSSR count). The third kappa shape index (κ3) is 5.02. The third-order valence-electron chi connectivity index (χ3n) is 6.67. The number of benzene rings is 3. The second-order valence-corrected chi connectivity index (χ2v) is 9.07. The number of carbonyl (C=O) groups excluding carboxylic acids is 1. The van der Waals surface area contributed by atoms with Crippen LogP contribution < -0.4 is 5.32 Å². The van der Waals surface area contributed by atoms with Crippen molar-refractivity contribution in [3.05, 3.63) is 95.6 Å². The van der Waals surface area contributed by atoms with Gasteiger partial charge < -0.3 is 9.88 Å². The molecule has 1 aliphatic heterocycles. The molecule has 0 fully saturated rings. The van der Waals surface area contributed by atoms with Crippen molar-refractivity contribution in [3.63, 3.8) is 0 Å². The quantitative estimate of drug-likeness (QED) is 0.453. The summed E-state index contributed by atoms with van der Waals surface area (Å²) in [6.45, 7) is 5.61. The van der Waals surface area contributed by atoms with Crippen molar-refractivity contribution < 1.29 is 4.79 Å². The van der Waals surface area contributed by atoms with Gasteiger partial charge in [-0.05, 0) is 35.2 Å². The minimum Gasteiger partial charge on any atom is -0.346 e. The van der Waals surface area contributed by atoms with Gasteiger partial charge in [0.1, 0.15) is 5.82 Å². The van der Waals surface area contributed by atoms with Crippen LogP contribution >= 0.6 is 0 Å². The van der Waals surface area contributed by atoms with Crippen LogP contribution in [0.3, 0.4) is 0 Å². The van der Waals surface area contributed by atoms with Crippen molar-refractivity contribution in [2.45, 2.75) is 45.3 Å². The normalized spacial score (nSPS) is 15.0. The van der Waals surface area contributed by atoms with Crippen molar-refractivity contribution in [2.24, 2.45) is 0 Å². The number of nitrogens with one attached hydrogen (secondary N) is 1. The van der Waals surface area contributed by atoms with E-state index in [9.17, 15) is 4.79 Å². The number of nitrogens with zero attached hydrogens (tertiary/aromatic N) is 4. The van der Waals surface area contributed by atoms with Crippen LogP contribution in [-0.4, -0.2) is 38.7 Å².